The van der Waals surface area contributed by atoms with Crippen molar-refractivity contribution in [3.8, 4) is 5.82 Å². The van der Waals surface area contributed by atoms with E-state index in [0.717, 1.165) is 17.1 Å². The summed E-state index contributed by atoms with van der Waals surface area (Å²) in [5.41, 5.74) is 7.61. The summed E-state index contributed by atoms with van der Waals surface area (Å²) in [5.74, 6) is 0.729. The lowest BCUT2D eigenvalue weighted by Gasteiger charge is -2.10. The first-order valence-electron chi connectivity index (χ1n) is 5.02. The van der Waals surface area contributed by atoms with Crippen molar-refractivity contribution in [1.29, 1.82) is 0 Å². The molecule has 0 saturated carbocycles. The van der Waals surface area contributed by atoms with Crippen LogP contribution in [0.2, 0.25) is 5.02 Å². The normalized spacial score (nSPS) is 12.8. The number of aryl methyl sites for hydroxylation is 1. The lowest BCUT2D eigenvalue weighted by Crippen LogP contribution is -2.11. The molecule has 2 rings (SSSR count). The number of pyridine rings is 1. The average molecular weight is 237 g/mol. The predicted molar refractivity (Wildman–Crippen MR) is 63.7 cm³/mol. The second-order valence-electron chi connectivity index (χ2n) is 3.71. The SMILES string of the molecule is Cc1nn(-c2ncccc2[C@@H](C)N)cc1Cl. The van der Waals surface area contributed by atoms with Gasteiger partial charge in [-0.25, -0.2) is 9.67 Å². The standard InChI is InChI=1S/C11H13ClN4/c1-7(13)9-4-3-5-14-11(9)16-6-10(12)8(2)15-16/h3-7H,13H2,1-2H3/t7-/m1/s1. The first-order chi connectivity index (χ1) is 7.59. The molecule has 0 saturated heterocycles. The van der Waals surface area contributed by atoms with Crippen molar-refractivity contribution < 1.29 is 0 Å². The van der Waals surface area contributed by atoms with Gasteiger partial charge in [0, 0.05) is 17.8 Å². The lowest BCUT2D eigenvalue weighted by atomic mass is 10.1. The van der Waals surface area contributed by atoms with E-state index in [-0.39, 0.29) is 6.04 Å². The van der Waals surface area contributed by atoms with Crippen molar-refractivity contribution in [2.24, 2.45) is 5.73 Å². The molecule has 84 valence electrons. The topological polar surface area (TPSA) is 56.7 Å². The number of rotatable bonds is 2. The van der Waals surface area contributed by atoms with Crippen LogP contribution in [-0.2, 0) is 0 Å². The fraction of sp³-hybridized carbons (Fsp3) is 0.273. The molecule has 16 heavy (non-hydrogen) atoms. The van der Waals surface area contributed by atoms with Crippen LogP contribution < -0.4 is 5.73 Å². The lowest BCUT2D eigenvalue weighted by molar-refractivity contribution is 0.757. The number of nitrogens with zero attached hydrogens (tertiary/aromatic N) is 3. The van der Waals surface area contributed by atoms with Crippen molar-refractivity contribution >= 4 is 11.6 Å². The second kappa shape index (κ2) is 4.23. The molecular weight excluding hydrogens is 224 g/mol. The van der Waals surface area contributed by atoms with Gasteiger partial charge in [-0.2, -0.15) is 5.10 Å². The largest absolute Gasteiger partial charge is 0.324 e. The van der Waals surface area contributed by atoms with Crippen LogP contribution in [0.3, 0.4) is 0 Å². The minimum absolute atomic E-state index is 0.0908. The Kier molecular flexibility index (Phi) is 2.94. The Morgan fingerprint density at radius 3 is 2.81 bits per heavy atom. The Hall–Kier alpha value is -1.39. The molecule has 0 radical (unpaired) electrons. The van der Waals surface area contributed by atoms with Gasteiger partial charge in [-0.05, 0) is 19.9 Å². The summed E-state index contributed by atoms with van der Waals surface area (Å²) in [4.78, 5) is 4.29. The first kappa shape index (κ1) is 11.1. The molecule has 0 aliphatic rings. The highest BCUT2D eigenvalue weighted by molar-refractivity contribution is 6.31. The molecule has 4 nitrogen and oxygen atoms in total. The zero-order valence-electron chi connectivity index (χ0n) is 9.18. The molecule has 5 heteroatoms. The summed E-state index contributed by atoms with van der Waals surface area (Å²) in [6.45, 7) is 3.77. The van der Waals surface area contributed by atoms with Gasteiger partial charge in [0.2, 0.25) is 0 Å². The second-order valence-corrected chi connectivity index (χ2v) is 4.12. The van der Waals surface area contributed by atoms with Gasteiger partial charge >= 0.3 is 0 Å². The van der Waals surface area contributed by atoms with E-state index in [2.05, 4.69) is 10.1 Å². The minimum atomic E-state index is -0.0908. The molecule has 0 amide bonds. The molecule has 0 aliphatic heterocycles. The van der Waals surface area contributed by atoms with Gasteiger partial charge in [-0.3, -0.25) is 0 Å². The maximum atomic E-state index is 5.97. The fourth-order valence-electron chi connectivity index (χ4n) is 1.50. The van der Waals surface area contributed by atoms with Crippen LogP contribution in [0.15, 0.2) is 24.5 Å². The summed E-state index contributed by atoms with van der Waals surface area (Å²) in [7, 11) is 0. The van der Waals surface area contributed by atoms with Gasteiger partial charge in [0.15, 0.2) is 5.82 Å². The number of aromatic nitrogens is 3. The third-order valence-electron chi connectivity index (χ3n) is 2.36. The Morgan fingerprint density at radius 2 is 2.25 bits per heavy atom. The number of hydrogen-bond donors (Lipinski definition) is 1. The molecule has 0 aromatic carbocycles. The summed E-state index contributed by atoms with van der Waals surface area (Å²) in [6.07, 6.45) is 3.46. The van der Waals surface area contributed by atoms with Crippen LogP contribution in [0.25, 0.3) is 5.82 Å². The third kappa shape index (κ3) is 1.94. The van der Waals surface area contributed by atoms with E-state index in [1.807, 2.05) is 26.0 Å². The van der Waals surface area contributed by atoms with Crippen molar-refractivity contribution in [1.82, 2.24) is 14.8 Å². The summed E-state index contributed by atoms with van der Waals surface area (Å²) < 4.78 is 1.66. The van der Waals surface area contributed by atoms with Gasteiger partial charge in [0.1, 0.15) is 0 Å². The van der Waals surface area contributed by atoms with E-state index in [1.54, 1.807) is 17.1 Å². The Labute approximate surface area is 99.1 Å². The molecule has 0 fully saturated rings. The van der Waals surface area contributed by atoms with Crippen LogP contribution >= 0.6 is 11.6 Å². The highest BCUT2D eigenvalue weighted by Crippen LogP contribution is 2.20. The van der Waals surface area contributed by atoms with Crippen LogP contribution in [0, 0.1) is 6.92 Å². The highest BCUT2D eigenvalue weighted by Gasteiger charge is 2.11. The van der Waals surface area contributed by atoms with E-state index < -0.39 is 0 Å². The van der Waals surface area contributed by atoms with Gasteiger partial charge in [-0.15, -0.1) is 0 Å². The summed E-state index contributed by atoms with van der Waals surface area (Å²) >= 11 is 5.97. The van der Waals surface area contributed by atoms with Crippen molar-refractivity contribution in [3.63, 3.8) is 0 Å². The average Bonchev–Trinajstić information content (AvgIpc) is 2.59. The Morgan fingerprint density at radius 1 is 1.50 bits per heavy atom. The number of nitrogens with two attached hydrogens (primary N) is 1. The molecular formula is C11H13ClN4. The first-order valence-corrected chi connectivity index (χ1v) is 5.40. The molecule has 2 aromatic rings. The highest BCUT2D eigenvalue weighted by atomic mass is 35.5. The molecule has 0 unspecified atom stereocenters. The van der Waals surface area contributed by atoms with Crippen LogP contribution in [0.4, 0.5) is 0 Å². The molecule has 0 aliphatic carbocycles. The summed E-state index contributed by atoms with van der Waals surface area (Å²) in [5, 5.41) is 4.92. The van der Waals surface area contributed by atoms with Gasteiger partial charge in [0.25, 0.3) is 0 Å². The van der Waals surface area contributed by atoms with Crippen molar-refractivity contribution in [2.45, 2.75) is 19.9 Å². The smallest absolute Gasteiger partial charge is 0.158 e. The van der Waals surface area contributed by atoms with Gasteiger partial charge in [0.05, 0.1) is 16.9 Å². The van der Waals surface area contributed by atoms with E-state index >= 15 is 0 Å². The fourth-order valence-corrected chi connectivity index (χ4v) is 1.63. The molecule has 2 aromatic heterocycles. The quantitative estimate of drug-likeness (QED) is 0.870. The third-order valence-corrected chi connectivity index (χ3v) is 2.73. The van der Waals surface area contributed by atoms with E-state index in [1.165, 1.54) is 0 Å². The van der Waals surface area contributed by atoms with Crippen molar-refractivity contribution in [3.05, 3.63) is 40.8 Å². The zero-order valence-corrected chi connectivity index (χ0v) is 9.94. The van der Waals surface area contributed by atoms with Crippen LogP contribution in [0.1, 0.15) is 24.2 Å². The van der Waals surface area contributed by atoms with Gasteiger partial charge < -0.3 is 5.73 Å². The predicted octanol–water partition coefficient (Wildman–Crippen LogP) is 2.25. The molecule has 0 bridgehead atoms. The van der Waals surface area contributed by atoms with Gasteiger partial charge in [-0.1, -0.05) is 17.7 Å². The molecule has 2 heterocycles. The van der Waals surface area contributed by atoms with E-state index in [9.17, 15) is 0 Å². The molecule has 1 atom stereocenters. The molecule has 2 N–H and O–H groups in total. The zero-order chi connectivity index (χ0) is 11.7. The van der Waals surface area contributed by atoms with Crippen LogP contribution in [0.5, 0.6) is 0 Å². The van der Waals surface area contributed by atoms with Crippen LogP contribution in [-0.4, -0.2) is 14.8 Å². The number of hydrogen-bond acceptors (Lipinski definition) is 3. The maximum absolute atomic E-state index is 5.97. The van der Waals surface area contributed by atoms with E-state index in [0.29, 0.717) is 5.02 Å². The Bertz CT molecular complexity index is 485. The monoisotopic (exact) mass is 236 g/mol. The Balaban J connectivity index is 2.55. The van der Waals surface area contributed by atoms with E-state index in [4.69, 9.17) is 17.3 Å². The number of halogens is 1. The van der Waals surface area contributed by atoms with Crippen molar-refractivity contribution in [2.75, 3.05) is 0 Å². The maximum Gasteiger partial charge on any atom is 0.158 e. The molecule has 0 spiro atoms. The minimum Gasteiger partial charge on any atom is -0.324 e. The summed E-state index contributed by atoms with van der Waals surface area (Å²) in [6, 6.07) is 3.71.